The molecule has 0 N–H and O–H groups in total. The average Bonchev–Trinajstić information content (AvgIpc) is 3.18. The molecule has 0 amide bonds. The Labute approximate surface area is 209 Å². The van der Waals surface area contributed by atoms with Crippen molar-refractivity contribution in [3.8, 4) is 0 Å². The van der Waals surface area contributed by atoms with Crippen LogP contribution in [0.5, 0.6) is 0 Å². The molecule has 2 aromatic heterocycles. The SMILES string of the molecule is Cc1ccc(CN2CCC(CC(=O)c3nn(C)c4nc(N5CCCCCCC5)ccc34)CC2)cc1. The van der Waals surface area contributed by atoms with E-state index in [-0.39, 0.29) is 5.78 Å². The number of aromatic nitrogens is 3. The molecular formula is C29H39N5O. The first kappa shape index (κ1) is 24.0. The van der Waals surface area contributed by atoms with Gasteiger partial charge in [0.1, 0.15) is 11.5 Å². The van der Waals surface area contributed by atoms with Crippen LogP contribution >= 0.6 is 0 Å². The standard InChI is InChI=1S/C29H39N5O/c1-22-8-10-24(11-9-22)21-33-18-14-23(15-19-33)20-26(35)28-25-12-13-27(30-29(25)32(2)31-28)34-16-6-4-3-5-7-17-34/h8-13,23H,3-7,14-21H2,1-2H3. The summed E-state index contributed by atoms with van der Waals surface area (Å²) in [6, 6.07) is 13.0. The van der Waals surface area contributed by atoms with Gasteiger partial charge in [-0.05, 0) is 69.3 Å². The predicted octanol–water partition coefficient (Wildman–Crippen LogP) is 5.53. The van der Waals surface area contributed by atoms with Crippen LogP contribution in [0.2, 0.25) is 0 Å². The summed E-state index contributed by atoms with van der Waals surface area (Å²) in [7, 11) is 1.91. The second-order valence-corrected chi connectivity index (χ2v) is 10.6. The third kappa shape index (κ3) is 5.75. The zero-order chi connectivity index (χ0) is 24.2. The van der Waals surface area contributed by atoms with Crippen LogP contribution < -0.4 is 4.90 Å². The van der Waals surface area contributed by atoms with Gasteiger partial charge in [-0.3, -0.25) is 9.69 Å². The number of likely N-dealkylation sites (tertiary alicyclic amines) is 1. The number of rotatable bonds is 6. The normalized spacial score (nSPS) is 18.5. The van der Waals surface area contributed by atoms with Gasteiger partial charge in [-0.15, -0.1) is 0 Å². The van der Waals surface area contributed by atoms with Gasteiger partial charge in [0.15, 0.2) is 11.4 Å². The van der Waals surface area contributed by atoms with E-state index in [9.17, 15) is 4.79 Å². The predicted molar refractivity (Wildman–Crippen MR) is 142 cm³/mol. The van der Waals surface area contributed by atoms with E-state index in [4.69, 9.17) is 4.98 Å². The Balaban J connectivity index is 1.21. The second kappa shape index (κ2) is 10.9. The molecule has 35 heavy (non-hydrogen) atoms. The van der Waals surface area contributed by atoms with Gasteiger partial charge in [0.2, 0.25) is 0 Å². The zero-order valence-electron chi connectivity index (χ0n) is 21.4. The lowest BCUT2D eigenvalue weighted by atomic mass is 9.90. The molecule has 2 aliphatic heterocycles. The quantitative estimate of drug-likeness (QED) is 0.441. The number of carbonyl (C=O) groups is 1. The van der Waals surface area contributed by atoms with Crippen molar-refractivity contribution in [3.63, 3.8) is 0 Å². The molecule has 0 radical (unpaired) electrons. The van der Waals surface area contributed by atoms with E-state index in [1.54, 1.807) is 4.68 Å². The summed E-state index contributed by atoms with van der Waals surface area (Å²) in [4.78, 5) is 23.1. The summed E-state index contributed by atoms with van der Waals surface area (Å²) in [6.07, 6.45) is 9.11. The van der Waals surface area contributed by atoms with Gasteiger partial charge in [0, 0.05) is 33.1 Å². The van der Waals surface area contributed by atoms with Gasteiger partial charge in [0.05, 0.1) is 5.39 Å². The summed E-state index contributed by atoms with van der Waals surface area (Å²) in [5.41, 5.74) is 4.08. The highest BCUT2D eigenvalue weighted by atomic mass is 16.1. The number of benzene rings is 1. The van der Waals surface area contributed by atoms with Gasteiger partial charge < -0.3 is 4.90 Å². The molecule has 0 bridgehead atoms. The van der Waals surface area contributed by atoms with Gasteiger partial charge in [-0.1, -0.05) is 49.1 Å². The lowest BCUT2D eigenvalue weighted by molar-refractivity contribution is 0.0921. The fourth-order valence-electron chi connectivity index (χ4n) is 5.64. The number of hydrogen-bond acceptors (Lipinski definition) is 5. The molecule has 6 heteroatoms. The van der Waals surface area contributed by atoms with Crippen LogP contribution in [0.15, 0.2) is 36.4 Å². The zero-order valence-corrected chi connectivity index (χ0v) is 21.4. The second-order valence-electron chi connectivity index (χ2n) is 10.6. The summed E-state index contributed by atoms with van der Waals surface area (Å²) in [6.45, 7) is 7.35. The Kier molecular flexibility index (Phi) is 7.47. The minimum atomic E-state index is 0.161. The highest BCUT2D eigenvalue weighted by Crippen LogP contribution is 2.27. The van der Waals surface area contributed by atoms with Crippen LogP contribution in [0.25, 0.3) is 11.0 Å². The van der Waals surface area contributed by atoms with Crippen molar-refractivity contribution >= 4 is 22.6 Å². The van der Waals surface area contributed by atoms with Crippen LogP contribution in [0.4, 0.5) is 5.82 Å². The maximum atomic E-state index is 13.3. The highest BCUT2D eigenvalue weighted by molar-refractivity contribution is 6.05. The number of pyridine rings is 1. The van der Waals surface area contributed by atoms with Crippen LogP contribution in [-0.2, 0) is 13.6 Å². The molecule has 2 fully saturated rings. The molecule has 0 saturated carbocycles. The first-order valence-electron chi connectivity index (χ1n) is 13.5. The molecule has 0 aliphatic carbocycles. The van der Waals surface area contributed by atoms with Gasteiger partial charge >= 0.3 is 0 Å². The fraction of sp³-hybridized carbons (Fsp3) is 0.552. The number of fused-ring (bicyclic) bond motifs is 1. The molecule has 1 aromatic carbocycles. The molecule has 6 nitrogen and oxygen atoms in total. The van der Waals surface area contributed by atoms with Crippen LogP contribution in [0.1, 0.15) is 73.0 Å². The smallest absolute Gasteiger partial charge is 0.184 e. The fourth-order valence-corrected chi connectivity index (χ4v) is 5.64. The Morgan fingerprint density at radius 1 is 0.914 bits per heavy atom. The number of ketones is 1. The highest BCUT2D eigenvalue weighted by Gasteiger charge is 2.25. The summed E-state index contributed by atoms with van der Waals surface area (Å²) >= 11 is 0. The van der Waals surface area contributed by atoms with Gasteiger partial charge in [0.25, 0.3) is 0 Å². The number of aryl methyl sites for hydroxylation is 2. The topological polar surface area (TPSA) is 54.3 Å². The first-order valence-corrected chi connectivity index (χ1v) is 13.5. The molecule has 0 unspecified atom stereocenters. The van der Waals surface area contributed by atoms with Crippen LogP contribution in [-0.4, -0.2) is 51.6 Å². The summed E-state index contributed by atoms with van der Waals surface area (Å²) < 4.78 is 1.79. The molecule has 4 heterocycles. The van der Waals surface area contributed by atoms with E-state index < -0.39 is 0 Å². The minimum Gasteiger partial charge on any atom is -0.357 e. The Morgan fingerprint density at radius 2 is 1.60 bits per heavy atom. The molecule has 2 aliphatic rings. The molecule has 5 rings (SSSR count). The monoisotopic (exact) mass is 473 g/mol. The number of piperidine rings is 1. The number of hydrogen-bond donors (Lipinski definition) is 0. The van der Waals surface area contributed by atoms with Crippen molar-refractivity contribution in [2.45, 2.75) is 64.8 Å². The van der Waals surface area contributed by atoms with Crippen molar-refractivity contribution in [1.82, 2.24) is 19.7 Å². The maximum absolute atomic E-state index is 13.3. The van der Waals surface area contributed by atoms with E-state index in [1.165, 1.54) is 43.2 Å². The Bertz CT molecular complexity index is 1140. The summed E-state index contributed by atoms with van der Waals surface area (Å²) in [5, 5.41) is 5.52. The van der Waals surface area contributed by atoms with E-state index in [2.05, 4.69) is 58.2 Å². The van der Waals surface area contributed by atoms with Crippen molar-refractivity contribution in [2.24, 2.45) is 13.0 Å². The first-order chi connectivity index (χ1) is 17.1. The molecule has 2 saturated heterocycles. The van der Waals surface area contributed by atoms with E-state index in [0.717, 1.165) is 62.4 Å². The molecule has 0 spiro atoms. The molecule has 3 aromatic rings. The van der Waals surface area contributed by atoms with Crippen LogP contribution in [0, 0.1) is 12.8 Å². The van der Waals surface area contributed by atoms with Crippen molar-refractivity contribution < 1.29 is 4.79 Å². The number of nitrogens with zero attached hydrogens (tertiary/aromatic N) is 5. The van der Waals surface area contributed by atoms with E-state index in [0.29, 0.717) is 18.0 Å². The van der Waals surface area contributed by atoms with Gasteiger partial charge in [-0.25, -0.2) is 9.67 Å². The Hall–Kier alpha value is -2.73. The number of anilines is 1. The lowest BCUT2D eigenvalue weighted by Gasteiger charge is -2.31. The Morgan fingerprint density at radius 3 is 2.31 bits per heavy atom. The third-order valence-corrected chi connectivity index (χ3v) is 7.82. The summed E-state index contributed by atoms with van der Waals surface area (Å²) in [5.74, 6) is 1.61. The van der Waals surface area contributed by atoms with Crippen molar-refractivity contribution in [3.05, 3.63) is 53.2 Å². The molecular weight excluding hydrogens is 434 g/mol. The van der Waals surface area contributed by atoms with Gasteiger partial charge in [-0.2, -0.15) is 5.10 Å². The maximum Gasteiger partial charge on any atom is 0.184 e. The number of carbonyl (C=O) groups excluding carboxylic acids is 1. The number of Topliss-reactive ketones (excluding diaryl/α,β-unsaturated/α-hetero) is 1. The van der Waals surface area contributed by atoms with Crippen LogP contribution in [0.3, 0.4) is 0 Å². The average molecular weight is 474 g/mol. The largest absolute Gasteiger partial charge is 0.357 e. The molecule has 0 atom stereocenters. The van der Waals surface area contributed by atoms with Crippen molar-refractivity contribution in [1.29, 1.82) is 0 Å². The molecule has 186 valence electrons. The van der Waals surface area contributed by atoms with Crippen molar-refractivity contribution in [2.75, 3.05) is 31.1 Å². The minimum absolute atomic E-state index is 0.161. The van der Waals surface area contributed by atoms with E-state index in [1.807, 2.05) is 7.05 Å². The lowest BCUT2D eigenvalue weighted by Crippen LogP contribution is -2.34. The van der Waals surface area contributed by atoms with E-state index >= 15 is 0 Å². The third-order valence-electron chi connectivity index (χ3n) is 7.82.